The minimum atomic E-state index is -4.42. The molecular weight excluding hydrogens is 427 g/mol. The van der Waals surface area contributed by atoms with E-state index in [1.807, 2.05) is 18.2 Å². The summed E-state index contributed by atoms with van der Waals surface area (Å²) >= 11 is 2.93. The summed E-state index contributed by atoms with van der Waals surface area (Å²) in [4.78, 5) is 0. The van der Waals surface area contributed by atoms with Crippen LogP contribution in [0.25, 0.3) is 22.6 Å². The molecular formula is C17H11BrF3N5O. The summed E-state index contributed by atoms with van der Waals surface area (Å²) in [5.74, 6) is 0.826. The molecule has 138 valence electrons. The van der Waals surface area contributed by atoms with Gasteiger partial charge in [-0.1, -0.05) is 28.1 Å². The Balaban J connectivity index is 1.54. The fraction of sp³-hybridized carbons (Fsp3) is 0.118. The number of fused-ring (bicyclic) bond motifs is 1. The van der Waals surface area contributed by atoms with Crippen molar-refractivity contribution in [2.24, 2.45) is 0 Å². The first kappa shape index (κ1) is 17.5. The van der Waals surface area contributed by atoms with Gasteiger partial charge in [0, 0.05) is 22.1 Å². The number of furan rings is 1. The number of hydrogen-bond donors (Lipinski definition) is 2. The minimum Gasteiger partial charge on any atom is -0.453 e. The lowest BCUT2D eigenvalue weighted by molar-refractivity contribution is -0.138. The van der Waals surface area contributed by atoms with E-state index >= 15 is 0 Å². The number of hydrogen-bond acceptors (Lipinski definition) is 5. The molecule has 0 unspecified atom stereocenters. The van der Waals surface area contributed by atoms with Crippen molar-refractivity contribution in [3.8, 4) is 11.6 Å². The third kappa shape index (κ3) is 3.65. The number of aromatic amines is 1. The lowest BCUT2D eigenvalue weighted by Gasteiger charge is -2.12. The fourth-order valence-corrected chi connectivity index (χ4v) is 3.09. The van der Waals surface area contributed by atoms with Crippen LogP contribution in [0.5, 0.6) is 0 Å². The molecule has 4 rings (SSSR count). The van der Waals surface area contributed by atoms with Crippen LogP contribution >= 0.6 is 15.9 Å². The number of H-pyrrole nitrogens is 1. The number of nitrogens with one attached hydrogen (secondary N) is 2. The third-order valence-electron chi connectivity index (χ3n) is 3.92. The summed E-state index contributed by atoms with van der Waals surface area (Å²) in [6, 6.07) is 11.4. The van der Waals surface area contributed by atoms with Gasteiger partial charge in [-0.05, 0) is 41.1 Å². The Labute approximate surface area is 158 Å². The van der Waals surface area contributed by atoms with E-state index in [4.69, 9.17) is 4.42 Å². The van der Waals surface area contributed by atoms with Crippen molar-refractivity contribution < 1.29 is 17.6 Å². The maximum atomic E-state index is 13.0. The minimum absolute atomic E-state index is 0.00606. The smallest absolute Gasteiger partial charge is 0.417 e. The predicted octanol–water partition coefficient (Wildman–Crippen LogP) is 5.01. The Kier molecular flexibility index (Phi) is 4.34. The van der Waals surface area contributed by atoms with Gasteiger partial charge in [0.15, 0.2) is 5.76 Å². The van der Waals surface area contributed by atoms with E-state index < -0.39 is 11.7 Å². The predicted molar refractivity (Wildman–Crippen MR) is 95.9 cm³/mol. The van der Waals surface area contributed by atoms with E-state index in [2.05, 4.69) is 41.9 Å². The van der Waals surface area contributed by atoms with Gasteiger partial charge in [0.05, 0.1) is 5.56 Å². The lowest BCUT2D eigenvalue weighted by Crippen LogP contribution is -2.07. The van der Waals surface area contributed by atoms with Crippen molar-refractivity contribution in [3.63, 3.8) is 0 Å². The maximum Gasteiger partial charge on any atom is 0.417 e. The number of rotatable bonds is 4. The van der Waals surface area contributed by atoms with Crippen LogP contribution in [0.2, 0.25) is 0 Å². The summed E-state index contributed by atoms with van der Waals surface area (Å²) in [5.41, 5.74) is 1.13. The summed E-state index contributed by atoms with van der Waals surface area (Å²) in [5, 5.41) is 17.4. The monoisotopic (exact) mass is 437 g/mol. The maximum absolute atomic E-state index is 13.0. The molecule has 2 aromatic carbocycles. The van der Waals surface area contributed by atoms with Crippen LogP contribution in [0.1, 0.15) is 11.1 Å². The highest BCUT2D eigenvalue weighted by Gasteiger charge is 2.33. The average molecular weight is 438 g/mol. The van der Waals surface area contributed by atoms with Crippen LogP contribution < -0.4 is 5.32 Å². The van der Waals surface area contributed by atoms with E-state index in [0.29, 0.717) is 29.4 Å². The highest BCUT2D eigenvalue weighted by atomic mass is 79.9. The standard InChI is InChI=1S/C17H11BrF3N5O/c18-13-4-3-11(7-12(13)17(19,20)21)22-8-9-1-2-10-6-15(27-14(10)5-9)16-23-25-26-24-16/h1-7,22H,8H2,(H,23,24,25,26). The lowest BCUT2D eigenvalue weighted by atomic mass is 10.1. The zero-order valence-corrected chi connectivity index (χ0v) is 15.1. The molecule has 0 aliphatic rings. The van der Waals surface area contributed by atoms with Gasteiger partial charge in [-0.2, -0.15) is 18.4 Å². The molecule has 0 bridgehead atoms. The SMILES string of the molecule is FC(F)(F)c1cc(NCc2ccc3cc(-c4nn[nH]n4)oc3c2)ccc1Br. The van der Waals surface area contributed by atoms with Crippen LogP contribution in [0.3, 0.4) is 0 Å². The Morgan fingerprint density at radius 1 is 1.11 bits per heavy atom. The first-order chi connectivity index (χ1) is 12.9. The van der Waals surface area contributed by atoms with Gasteiger partial charge in [-0.25, -0.2) is 0 Å². The summed E-state index contributed by atoms with van der Waals surface area (Å²) < 4.78 is 44.7. The first-order valence-electron chi connectivity index (χ1n) is 7.77. The highest BCUT2D eigenvalue weighted by molar-refractivity contribution is 9.10. The Morgan fingerprint density at radius 3 is 2.70 bits per heavy atom. The third-order valence-corrected chi connectivity index (χ3v) is 4.61. The number of tetrazole rings is 1. The molecule has 2 aromatic heterocycles. The number of benzene rings is 2. The molecule has 2 heterocycles. The largest absolute Gasteiger partial charge is 0.453 e. The number of aromatic nitrogens is 4. The molecule has 0 radical (unpaired) electrons. The summed E-state index contributed by atoms with van der Waals surface area (Å²) in [6.07, 6.45) is -4.42. The molecule has 0 atom stereocenters. The first-order valence-corrected chi connectivity index (χ1v) is 8.56. The van der Waals surface area contributed by atoms with Crippen molar-refractivity contribution in [2.75, 3.05) is 5.32 Å². The zero-order chi connectivity index (χ0) is 19.0. The molecule has 10 heteroatoms. The molecule has 0 saturated heterocycles. The van der Waals surface area contributed by atoms with Crippen LogP contribution in [0.4, 0.5) is 18.9 Å². The molecule has 2 N–H and O–H groups in total. The van der Waals surface area contributed by atoms with Gasteiger partial charge in [-0.3, -0.25) is 0 Å². The van der Waals surface area contributed by atoms with Crippen molar-refractivity contribution in [1.29, 1.82) is 0 Å². The number of halogens is 4. The second kappa shape index (κ2) is 6.69. The van der Waals surface area contributed by atoms with Crippen LogP contribution in [0.15, 0.2) is 51.4 Å². The van der Waals surface area contributed by atoms with E-state index in [1.54, 1.807) is 12.1 Å². The molecule has 0 saturated carbocycles. The molecule has 0 spiro atoms. The van der Waals surface area contributed by atoms with Gasteiger partial charge < -0.3 is 9.73 Å². The number of anilines is 1. The van der Waals surface area contributed by atoms with E-state index in [0.717, 1.165) is 17.0 Å². The van der Waals surface area contributed by atoms with Gasteiger partial charge in [0.1, 0.15) is 5.58 Å². The normalized spacial score (nSPS) is 11.9. The quantitative estimate of drug-likeness (QED) is 0.469. The van der Waals surface area contributed by atoms with Gasteiger partial charge in [-0.15, -0.1) is 10.2 Å². The van der Waals surface area contributed by atoms with E-state index in [-0.39, 0.29) is 4.47 Å². The molecule has 6 nitrogen and oxygen atoms in total. The molecule has 0 amide bonds. The van der Waals surface area contributed by atoms with Crippen molar-refractivity contribution in [1.82, 2.24) is 20.6 Å². The Hall–Kier alpha value is -2.88. The van der Waals surface area contributed by atoms with Crippen LogP contribution in [0, 0.1) is 0 Å². The van der Waals surface area contributed by atoms with Crippen LogP contribution in [-0.2, 0) is 12.7 Å². The summed E-state index contributed by atoms with van der Waals surface area (Å²) in [7, 11) is 0. The number of nitrogens with zero attached hydrogens (tertiary/aromatic N) is 3. The summed E-state index contributed by atoms with van der Waals surface area (Å²) in [6.45, 7) is 0.340. The van der Waals surface area contributed by atoms with E-state index in [1.165, 1.54) is 6.07 Å². The molecule has 0 aliphatic heterocycles. The van der Waals surface area contributed by atoms with Gasteiger partial charge in [0.25, 0.3) is 0 Å². The van der Waals surface area contributed by atoms with Crippen LogP contribution in [-0.4, -0.2) is 20.6 Å². The van der Waals surface area contributed by atoms with Crippen molar-refractivity contribution >= 4 is 32.6 Å². The zero-order valence-electron chi connectivity index (χ0n) is 13.5. The molecule has 4 aromatic rings. The molecule has 0 fully saturated rings. The van der Waals surface area contributed by atoms with Gasteiger partial charge in [0.2, 0.25) is 5.82 Å². The average Bonchev–Trinajstić information content (AvgIpc) is 3.28. The highest BCUT2D eigenvalue weighted by Crippen LogP contribution is 2.36. The van der Waals surface area contributed by atoms with E-state index in [9.17, 15) is 13.2 Å². The fourth-order valence-electron chi connectivity index (χ4n) is 2.62. The number of alkyl halides is 3. The second-order valence-electron chi connectivity index (χ2n) is 5.76. The molecule has 0 aliphatic carbocycles. The van der Waals surface area contributed by atoms with Crippen molar-refractivity contribution in [2.45, 2.75) is 12.7 Å². The van der Waals surface area contributed by atoms with Crippen molar-refractivity contribution in [3.05, 3.63) is 58.1 Å². The molecule has 27 heavy (non-hydrogen) atoms. The Morgan fingerprint density at radius 2 is 1.96 bits per heavy atom. The topological polar surface area (TPSA) is 79.6 Å². The second-order valence-corrected chi connectivity index (χ2v) is 6.62. The Bertz CT molecular complexity index is 1090. The van der Waals surface area contributed by atoms with Gasteiger partial charge >= 0.3 is 6.18 Å².